The van der Waals surface area contributed by atoms with E-state index in [1.807, 2.05) is 11.6 Å². The predicted octanol–water partition coefficient (Wildman–Crippen LogP) is 2.46. The largest absolute Gasteiger partial charge is 0.476 e. The summed E-state index contributed by atoms with van der Waals surface area (Å²) in [7, 11) is 0. The summed E-state index contributed by atoms with van der Waals surface area (Å²) < 4.78 is 1.84. The van der Waals surface area contributed by atoms with Crippen LogP contribution in [0.15, 0.2) is 0 Å². The molecule has 5 nitrogen and oxygen atoms in total. The van der Waals surface area contributed by atoms with Crippen LogP contribution >= 0.6 is 0 Å². The lowest BCUT2D eigenvalue weighted by atomic mass is 9.48. The van der Waals surface area contributed by atoms with E-state index in [-0.39, 0.29) is 11.1 Å². The molecule has 1 N–H and O–H groups in total. The Bertz CT molecular complexity index is 528. The van der Waals surface area contributed by atoms with Crippen molar-refractivity contribution >= 4 is 5.97 Å². The minimum Gasteiger partial charge on any atom is -0.476 e. The van der Waals surface area contributed by atoms with E-state index >= 15 is 0 Å². The molecule has 0 atom stereocenters. The Morgan fingerprint density at radius 3 is 2.25 bits per heavy atom. The summed E-state index contributed by atoms with van der Waals surface area (Å²) in [5, 5.41) is 17.5. The van der Waals surface area contributed by atoms with Crippen molar-refractivity contribution < 1.29 is 9.90 Å². The van der Waals surface area contributed by atoms with E-state index in [9.17, 15) is 9.90 Å². The second-order valence-electron chi connectivity index (χ2n) is 7.11. The van der Waals surface area contributed by atoms with Crippen molar-refractivity contribution in [2.24, 2.45) is 17.8 Å². The molecule has 0 aromatic carbocycles. The van der Waals surface area contributed by atoms with Crippen LogP contribution in [0, 0.1) is 17.8 Å². The van der Waals surface area contributed by atoms with Crippen LogP contribution < -0.4 is 0 Å². The van der Waals surface area contributed by atoms with Crippen molar-refractivity contribution in [1.82, 2.24) is 15.0 Å². The molecule has 5 heteroatoms. The van der Waals surface area contributed by atoms with Gasteiger partial charge in [-0.25, -0.2) is 9.48 Å². The lowest BCUT2D eigenvalue weighted by Crippen LogP contribution is -2.50. The van der Waals surface area contributed by atoms with Crippen molar-refractivity contribution in [1.29, 1.82) is 0 Å². The van der Waals surface area contributed by atoms with Crippen LogP contribution in [0.1, 0.15) is 61.6 Å². The van der Waals surface area contributed by atoms with Crippen LogP contribution in [-0.4, -0.2) is 26.1 Å². The van der Waals surface area contributed by atoms with Crippen LogP contribution in [0.25, 0.3) is 0 Å². The molecule has 4 aliphatic carbocycles. The topological polar surface area (TPSA) is 68.0 Å². The van der Waals surface area contributed by atoms with Gasteiger partial charge in [0.1, 0.15) is 0 Å². The number of nitrogens with zero attached hydrogens (tertiary/aromatic N) is 3. The highest BCUT2D eigenvalue weighted by atomic mass is 16.4. The van der Waals surface area contributed by atoms with Crippen molar-refractivity contribution in [3.05, 3.63) is 11.4 Å². The zero-order chi connectivity index (χ0) is 13.9. The summed E-state index contributed by atoms with van der Waals surface area (Å²) in [6.07, 6.45) is 7.51. The molecular formula is C15H21N3O2. The Balaban J connectivity index is 1.84. The number of carboxylic acids is 1. The minimum atomic E-state index is -0.921. The zero-order valence-corrected chi connectivity index (χ0v) is 11.9. The fraction of sp³-hybridized carbons (Fsp3) is 0.800. The number of aromatic nitrogens is 3. The van der Waals surface area contributed by atoms with E-state index in [1.54, 1.807) is 0 Å². The molecule has 4 fully saturated rings. The Kier molecular flexibility index (Phi) is 2.51. The van der Waals surface area contributed by atoms with E-state index in [0.29, 0.717) is 6.54 Å². The molecule has 0 unspecified atom stereocenters. The molecule has 4 aliphatic rings. The third-order valence-corrected chi connectivity index (χ3v) is 5.78. The molecule has 0 spiro atoms. The Morgan fingerprint density at radius 2 is 1.80 bits per heavy atom. The van der Waals surface area contributed by atoms with Gasteiger partial charge in [-0.15, -0.1) is 5.10 Å². The summed E-state index contributed by atoms with van der Waals surface area (Å²) in [4.78, 5) is 11.5. The van der Waals surface area contributed by atoms with Crippen LogP contribution in [-0.2, 0) is 12.0 Å². The maximum atomic E-state index is 11.5. The van der Waals surface area contributed by atoms with Gasteiger partial charge in [-0.05, 0) is 63.2 Å². The van der Waals surface area contributed by atoms with E-state index in [4.69, 9.17) is 0 Å². The first-order valence-electron chi connectivity index (χ1n) is 7.78. The fourth-order valence-corrected chi connectivity index (χ4v) is 5.60. The highest BCUT2D eigenvalue weighted by Crippen LogP contribution is 2.60. The first kappa shape index (κ1) is 12.4. The average molecular weight is 275 g/mol. The average Bonchev–Trinajstić information content (AvgIpc) is 2.81. The first-order chi connectivity index (χ1) is 9.61. The molecule has 0 aliphatic heterocycles. The highest BCUT2D eigenvalue weighted by Gasteiger charge is 2.54. The summed E-state index contributed by atoms with van der Waals surface area (Å²) in [6, 6.07) is 0. The number of carbonyl (C=O) groups is 1. The third-order valence-electron chi connectivity index (χ3n) is 5.78. The summed E-state index contributed by atoms with van der Waals surface area (Å²) in [6.45, 7) is 2.72. The van der Waals surface area contributed by atoms with E-state index < -0.39 is 5.97 Å². The number of hydrogen-bond donors (Lipinski definition) is 1. The van der Waals surface area contributed by atoms with Crippen molar-refractivity contribution in [2.75, 3.05) is 0 Å². The molecule has 0 radical (unpaired) electrons. The number of hydrogen-bond acceptors (Lipinski definition) is 3. The third kappa shape index (κ3) is 1.58. The molecule has 1 aromatic rings. The Hall–Kier alpha value is -1.39. The number of aromatic carboxylic acids is 1. The van der Waals surface area contributed by atoms with Crippen molar-refractivity contribution in [3.8, 4) is 0 Å². The molecule has 0 amide bonds. The second-order valence-corrected chi connectivity index (χ2v) is 7.11. The molecule has 4 bridgehead atoms. The van der Waals surface area contributed by atoms with Gasteiger partial charge in [0, 0.05) is 12.0 Å². The number of rotatable bonds is 3. The standard InChI is InChI=1S/C15H21N3O2/c1-2-18-13(12(14(19)20)16-17-18)15-6-9-3-10(7-15)5-11(4-9)8-15/h9-11H,2-8H2,1H3,(H,19,20). The maximum Gasteiger partial charge on any atom is 0.358 e. The predicted molar refractivity (Wildman–Crippen MR) is 72.5 cm³/mol. The van der Waals surface area contributed by atoms with Crippen molar-refractivity contribution in [2.45, 2.75) is 57.4 Å². The molecule has 0 saturated heterocycles. The molecule has 5 rings (SSSR count). The van der Waals surface area contributed by atoms with Gasteiger partial charge >= 0.3 is 5.97 Å². The van der Waals surface area contributed by atoms with Gasteiger partial charge in [0.25, 0.3) is 0 Å². The van der Waals surface area contributed by atoms with Gasteiger partial charge in [-0.3, -0.25) is 0 Å². The molecule has 1 aromatic heterocycles. The molecule has 4 saturated carbocycles. The monoisotopic (exact) mass is 275 g/mol. The summed E-state index contributed by atoms with van der Waals surface area (Å²) >= 11 is 0. The van der Waals surface area contributed by atoms with E-state index in [1.165, 1.54) is 19.3 Å². The minimum absolute atomic E-state index is 0.0436. The van der Waals surface area contributed by atoms with Crippen LogP contribution in [0.4, 0.5) is 0 Å². The van der Waals surface area contributed by atoms with Gasteiger partial charge in [-0.2, -0.15) is 0 Å². The van der Waals surface area contributed by atoms with Crippen LogP contribution in [0.2, 0.25) is 0 Å². The molecular weight excluding hydrogens is 254 g/mol. The van der Waals surface area contributed by atoms with Crippen molar-refractivity contribution in [3.63, 3.8) is 0 Å². The first-order valence-corrected chi connectivity index (χ1v) is 7.78. The van der Waals surface area contributed by atoms with E-state index in [0.717, 1.165) is 42.7 Å². The number of aryl methyl sites for hydroxylation is 1. The second kappa shape index (κ2) is 4.06. The quantitative estimate of drug-likeness (QED) is 0.920. The normalized spacial score (nSPS) is 38.4. The zero-order valence-electron chi connectivity index (χ0n) is 11.9. The Labute approximate surface area is 118 Å². The lowest BCUT2D eigenvalue weighted by molar-refractivity contribution is -0.00989. The van der Waals surface area contributed by atoms with E-state index in [2.05, 4.69) is 10.3 Å². The summed E-state index contributed by atoms with van der Waals surface area (Å²) in [5.74, 6) is 1.46. The van der Waals surface area contributed by atoms with Gasteiger partial charge < -0.3 is 5.11 Å². The smallest absolute Gasteiger partial charge is 0.358 e. The molecule has 1 heterocycles. The van der Waals surface area contributed by atoms with Gasteiger partial charge in [0.2, 0.25) is 0 Å². The SMILES string of the molecule is CCn1nnc(C(=O)O)c1C12CC3CC(CC(C3)C1)C2. The lowest BCUT2D eigenvalue weighted by Gasteiger charge is -2.56. The number of carboxylic acid groups (broad SMARTS) is 1. The highest BCUT2D eigenvalue weighted by molar-refractivity contribution is 5.87. The Morgan fingerprint density at radius 1 is 1.25 bits per heavy atom. The van der Waals surface area contributed by atoms with Gasteiger partial charge in [0.15, 0.2) is 5.69 Å². The maximum absolute atomic E-state index is 11.5. The fourth-order valence-electron chi connectivity index (χ4n) is 5.60. The summed E-state index contributed by atoms with van der Waals surface area (Å²) in [5.41, 5.74) is 1.17. The molecule has 108 valence electrons. The van der Waals surface area contributed by atoms with Crippen LogP contribution in [0.3, 0.4) is 0 Å². The van der Waals surface area contributed by atoms with Gasteiger partial charge in [-0.1, -0.05) is 5.21 Å². The van der Waals surface area contributed by atoms with Gasteiger partial charge in [0.05, 0.1) is 5.69 Å². The van der Waals surface area contributed by atoms with Crippen LogP contribution in [0.5, 0.6) is 0 Å². The molecule has 20 heavy (non-hydrogen) atoms.